The van der Waals surface area contributed by atoms with Crippen LogP contribution in [0.1, 0.15) is 35.1 Å². The summed E-state index contributed by atoms with van der Waals surface area (Å²) in [6, 6.07) is 21.9. The normalized spacial score (nSPS) is 13.0. The summed E-state index contributed by atoms with van der Waals surface area (Å²) in [4.78, 5) is 13.2. The van der Waals surface area contributed by atoms with Crippen LogP contribution in [0.4, 0.5) is 15.8 Å². The molecule has 0 amide bonds. The number of fused-ring (bicyclic) bond motifs is 1. The van der Waals surface area contributed by atoms with E-state index in [-0.39, 0.29) is 18.7 Å². The van der Waals surface area contributed by atoms with Crippen molar-refractivity contribution in [3.05, 3.63) is 94.8 Å². The van der Waals surface area contributed by atoms with Crippen LogP contribution in [0.15, 0.2) is 66.7 Å². The summed E-state index contributed by atoms with van der Waals surface area (Å²) in [5, 5.41) is 12.1. The minimum atomic E-state index is -0.920. The third-order valence-corrected chi connectivity index (χ3v) is 5.80. The van der Waals surface area contributed by atoms with Gasteiger partial charge < -0.3 is 15.3 Å². The average Bonchev–Trinajstić information content (AvgIpc) is 2.78. The first-order valence-corrected chi connectivity index (χ1v) is 10.7. The molecule has 1 aliphatic heterocycles. The molecule has 0 aliphatic carbocycles. The van der Waals surface area contributed by atoms with Crippen LogP contribution in [0, 0.1) is 5.82 Å². The van der Waals surface area contributed by atoms with Crippen molar-refractivity contribution in [1.29, 1.82) is 0 Å². The Morgan fingerprint density at radius 2 is 1.87 bits per heavy atom. The lowest BCUT2D eigenvalue weighted by Gasteiger charge is -2.33. The number of anilines is 2. The molecule has 0 bridgehead atoms. The Morgan fingerprint density at radius 3 is 2.65 bits per heavy atom. The monoisotopic (exact) mass is 418 g/mol. The minimum Gasteiger partial charge on any atom is -0.481 e. The summed E-state index contributed by atoms with van der Waals surface area (Å²) in [5.41, 5.74) is 6.30. The lowest BCUT2D eigenvalue weighted by molar-refractivity contribution is -0.136. The van der Waals surface area contributed by atoms with E-state index in [1.807, 2.05) is 12.1 Å². The van der Waals surface area contributed by atoms with Crippen molar-refractivity contribution >= 4 is 17.3 Å². The number of halogens is 1. The van der Waals surface area contributed by atoms with E-state index in [1.165, 1.54) is 28.4 Å². The zero-order valence-corrected chi connectivity index (χ0v) is 17.5. The van der Waals surface area contributed by atoms with Gasteiger partial charge in [0, 0.05) is 37.4 Å². The first kappa shape index (κ1) is 20.9. The maximum absolute atomic E-state index is 14.3. The molecule has 0 saturated heterocycles. The molecule has 0 unspecified atom stereocenters. The van der Waals surface area contributed by atoms with Crippen molar-refractivity contribution in [3.63, 3.8) is 0 Å². The van der Waals surface area contributed by atoms with E-state index < -0.39 is 5.97 Å². The molecule has 0 aromatic heterocycles. The molecule has 1 aliphatic rings. The fourth-order valence-corrected chi connectivity index (χ4v) is 4.21. The highest BCUT2D eigenvalue weighted by Crippen LogP contribution is 2.31. The number of benzene rings is 3. The highest BCUT2D eigenvalue weighted by molar-refractivity contribution is 5.67. The number of nitrogens with zero attached hydrogens (tertiary/aromatic N) is 1. The summed E-state index contributed by atoms with van der Waals surface area (Å²) in [7, 11) is 0. The van der Waals surface area contributed by atoms with E-state index in [0.29, 0.717) is 17.8 Å². The molecule has 4 nitrogen and oxygen atoms in total. The molecule has 0 radical (unpaired) electrons. The molecule has 31 heavy (non-hydrogen) atoms. The smallest absolute Gasteiger partial charge is 0.303 e. The van der Waals surface area contributed by atoms with Crippen LogP contribution in [0.2, 0.25) is 0 Å². The summed E-state index contributed by atoms with van der Waals surface area (Å²) >= 11 is 0. The van der Waals surface area contributed by atoms with Gasteiger partial charge in [0.15, 0.2) is 0 Å². The van der Waals surface area contributed by atoms with Gasteiger partial charge in [0.2, 0.25) is 0 Å². The van der Waals surface area contributed by atoms with Crippen molar-refractivity contribution in [2.75, 3.05) is 16.8 Å². The quantitative estimate of drug-likeness (QED) is 0.514. The number of rotatable bonds is 8. The van der Waals surface area contributed by atoms with Gasteiger partial charge >= 0.3 is 5.97 Å². The third-order valence-electron chi connectivity index (χ3n) is 5.80. The highest BCUT2D eigenvalue weighted by atomic mass is 19.1. The number of aryl methyl sites for hydroxylation is 1. The topological polar surface area (TPSA) is 52.6 Å². The molecule has 2 N–H and O–H groups in total. The maximum atomic E-state index is 14.3. The Bertz CT molecular complexity index is 1050. The fourth-order valence-electron chi connectivity index (χ4n) is 4.21. The van der Waals surface area contributed by atoms with E-state index in [4.69, 9.17) is 5.11 Å². The Hall–Kier alpha value is -3.34. The molecule has 0 atom stereocenters. The second-order valence-electron chi connectivity index (χ2n) is 7.98. The van der Waals surface area contributed by atoms with Crippen LogP contribution in [0.25, 0.3) is 0 Å². The van der Waals surface area contributed by atoms with E-state index in [2.05, 4.69) is 52.7 Å². The molecule has 0 spiro atoms. The number of aliphatic carboxylic acids is 1. The van der Waals surface area contributed by atoms with Gasteiger partial charge in [-0.15, -0.1) is 0 Å². The second kappa shape index (κ2) is 9.65. The van der Waals surface area contributed by atoms with Crippen LogP contribution < -0.4 is 10.2 Å². The number of carboxylic acid groups (broad SMARTS) is 1. The van der Waals surface area contributed by atoms with Crippen LogP contribution in [0.3, 0.4) is 0 Å². The van der Waals surface area contributed by atoms with E-state index in [0.717, 1.165) is 25.9 Å². The molecule has 160 valence electrons. The van der Waals surface area contributed by atoms with Crippen LogP contribution in [-0.4, -0.2) is 17.6 Å². The van der Waals surface area contributed by atoms with Crippen molar-refractivity contribution < 1.29 is 14.3 Å². The zero-order valence-electron chi connectivity index (χ0n) is 17.5. The van der Waals surface area contributed by atoms with Gasteiger partial charge in [0.1, 0.15) is 5.82 Å². The second-order valence-corrected chi connectivity index (χ2v) is 7.98. The molecular formula is C26H27FN2O2. The van der Waals surface area contributed by atoms with E-state index in [9.17, 15) is 9.18 Å². The third kappa shape index (κ3) is 5.23. The van der Waals surface area contributed by atoms with Crippen LogP contribution >= 0.6 is 0 Å². The lowest BCUT2D eigenvalue weighted by atomic mass is 9.95. The van der Waals surface area contributed by atoms with Crippen molar-refractivity contribution in [2.24, 2.45) is 0 Å². The van der Waals surface area contributed by atoms with E-state index >= 15 is 0 Å². The number of nitrogens with one attached hydrogen (secondary N) is 1. The molecule has 1 heterocycles. The fraction of sp³-hybridized carbons (Fsp3) is 0.269. The first-order valence-electron chi connectivity index (χ1n) is 10.7. The van der Waals surface area contributed by atoms with Gasteiger partial charge in [-0.1, -0.05) is 48.5 Å². The first-order chi connectivity index (χ1) is 15.1. The van der Waals surface area contributed by atoms with Gasteiger partial charge in [0.05, 0.1) is 0 Å². The molecule has 3 aromatic rings. The standard InChI is InChI=1S/C26H27FN2O2/c27-24-16-22(13-11-20(24)12-14-26(30)31)28-17-21-8-4-10-25-23(21)9-5-15-29(25)18-19-6-2-1-3-7-19/h1-4,6-8,10-11,13,16,28H,5,9,12,14-15,17-18H2,(H,30,31). The Balaban J connectivity index is 1.46. The molecule has 4 rings (SSSR count). The Morgan fingerprint density at radius 1 is 1.03 bits per heavy atom. The molecule has 5 heteroatoms. The number of carboxylic acids is 1. The SMILES string of the molecule is O=C(O)CCc1ccc(NCc2cccc3c2CCCN3Cc2ccccc2)cc1F. The largest absolute Gasteiger partial charge is 0.481 e. The highest BCUT2D eigenvalue weighted by Gasteiger charge is 2.19. The lowest BCUT2D eigenvalue weighted by Crippen LogP contribution is -2.29. The van der Waals surface area contributed by atoms with Gasteiger partial charge in [-0.2, -0.15) is 0 Å². The summed E-state index contributed by atoms with van der Waals surface area (Å²) in [5.74, 6) is -1.29. The molecule has 3 aromatic carbocycles. The average molecular weight is 419 g/mol. The minimum absolute atomic E-state index is 0.0701. The van der Waals surface area contributed by atoms with Gasteiger partial charge in [-0.05, 0) is 59.7 Å². The number of hydrogen-bond donors (Lipinski definition) is 2. The molecular weight excluding hydrogens is 391 g/mol. The molecule has 0 fully saturated rings. The van der Waals surface area contributed by atoms with Crippen molar-refractivity contribution in [1.82, 2.24) is 0 Å². The summed E-state index contributed by atoms with van der Waals surface area (Å²) < 4.78 is 14.3. The van der Waals surface area contributed by atoms with Crippen LogP contribution in [-0.2, 0) is 30.7 Å². The Labute approximate surface area is 182 Å². The molecule has 0 saturated carbocycles. The van der Waals surface area contributed by atoms with Gasteiger partial charge in [0.25, 0.3) is 0 Å². The van der Waals surface area contributed by atoms with Crippen LogP contribution in [0.5, 0.6) is 0 Å². The van der Waals surface area contributed by atoms with Crippen molar-refractivity contribution in [3.8, 4) is 0 Å². The predicted octanol–water partition coefficient (Wildman–Crippen LogP) is 5.41. The predicted molar refractivity (Wildman–Crippen MR) is 122 cm³/mol. The zero-order chi connectivity index (χ0) is 21.6. The summed E-state index contributed by atoms with van der Waals surface area (Å²) in [6.07, 6.45) is 2.29. The van der Waals surface area contributed by atoms with Gasteiger partial charge in [-0.25, -0.2) is 4.39 Å². The van der Waals surface area contributed by atoms with Gasteiger partial charge in [-0.3, -0.25) is 4.79 Å². The van der Waals surface area contributed by atoms with E-state index in [1.54, 1.807) is 6.07 Å². The number of carbonyl (C=O) groups is 1. The maximum Gasteiger partial charge on any atom is 0.303 e. The summed E-state index contributed by atoms with van der Waals surface area (Å²) in [6.45, 7) is 2.56. The van der Waals surface area contributed by atoms with Crippen molar-refractivity contribution in [2.45, 2.75) is 38.8 Å². The number of hydrogen-bond acceptors (Lipinski definition) is 3. The Kier molecular flexibility index (Phi) is 6.51.